The molecule has 0 aromatic heterocycles. The van der Waals surface area contributed by atoms with Crippen LogP contribution in [0.15, 0.2) is 12.1 Å². The molecule has 0 atom stereocenters. The lowest BCUT2D eigenvalue weighted by Crippen LogP contribution is -2.36. The van der Waals surface area contributed by atoms with Crippen molar-refractivity contribution in [1.29, 1.82) is 0 Å². The Bertz CT molecular complexity index is 371. The van der Waals surface area contributed by atoms with Crippen LogP contribution in [0, 0.1) is 20.8 Å². The minimum absolute atomic E-state index is 0.612. The average Bonchev–Trinajstić information content (AvgIpc) is 2.19. The molecule has 0 aliphatic carbocycles. The van der Waals surface area contributed by atoms with E-state index in [4.69, 9.17) is 0 Å². The molecule has 0 bridgehead atoms. The summed E-state index contributed by atoms with van der Waals surface area (Å²) in [6.45, 7) is 12.3. The molecule has 1 rings (SSSR count). The summed E-state index contributed by atoms with van der Waals surface area (Å²) >= 11 is 0. The van der Waals surface area contributed by atoms with Gasteiger partial charge in [0.2, 0.25) is 0 Å². The molecule has 0 radical (unpaired) electrons. The summed E-state index contributed by atoms with van der Waals surface area (Å²) in [6.07, 6.45) is 0. The van der Waals surface area contributed by atoms with E-state index in [2.05, 4.69) is 43.5 Å². The monoisotopic (exact) mass is 250 g/mol. The highest BCUT2D eigenvalue weighted by atomic mass is 16.3. The fraction of sp³-hybridized carbons (Fsp3) is 0.600. The van der Waals surface area contributed by atoms with Crippen molar-refractivity contribution in [2.75, 3.05) is 25.0 Å². The molecule has 0 aliphatic heterocycles. The van der Waals surface area contributed by atoms with Gasteiger partial charge in [-0.3, -0.25) is 0 Å². The summed E-state index contributed by atoms with van der Waals surface area (Å²) in [4.78, 5) is 0. The van der Waals surface area contributed by atoms with E-state index in [1.807, 2.05) is 13.8 Å². The molecule has 1 aromatic rings. The molecule has 0 unspecified atom stereocenters. The van der Waals surface area contributed by atoms with Gasteiger partial charge in [0.15, 0.2) is 0 Å². The number of benzene rings is 1. The van der Waals surface area contributed by atoms with Crippen LogP contribution in [0.25, 0.3) is 0 Å². The van der Waals surface area contributed by atoms with Crippen LogP contribution in [0.5, 0.6) is 0 Å². The van der Waals surface area contributed by atoms with E-state index < -0.39 is 5.60 Å². The third-order valence-electron chi connectivity index (χ3n) is 2.84. The quantitative estimate of drug-likeness (QED) is 0.679. The maximum absolute atomic E-state index is 9.57. The van der Waals surface area contributed by atoms with Gasteiger partial charge >= 0.3 is 0 Å². The van der Waals surface area contributed by atoms with E-state index in [0.717, 1.165) is 13.1 Å². The molecule has 0 fully saturated rings. The van der Waals surface area contributed by atoms with E-state index in [-0.39, 0.29) is 0 Å². The fourth-order valence-electron chi connectivity index (χ4n) is 2.13. The Labute approximate surface area is 111 Å². The van der Waals surface area contributed by atoms with Gasteiger partial charge < -0.3 is 15.7 Å². The molecular formula is C15H26N2O. The predicted molar refractivity (Wildman–Crippen MR) is 78.3 cm³/mol. The number of hydrogen-bond donors (Lipinski definition) is 3. The first kappa shape index (κ1) is 15.0. The highest BCUT2D eigenvalue weighted by Gasteiger charge is 2.10. The molecule has 0 aliphatic rings. The number of aryl methyl sites for hydroxylation is 3. The largest absolute Gasteiger partial charge is 0.389 e. The van der Waals surface area contributed by atoms with Gasteiger partial charge in [0, 0.05) is 25.3 Å². The summed E-state index contributed by atoms with van der Waals surface area (Å²) in [5.74, 6) is 0. The summed E-state index contributed by atoms with van der Waals surface area (Å²) in [5.41, 5.74) is 4.46. The van der Waals surface area contributed by atoms with Crippen molar-refractivity contribution in [3.8, 4) is 0 Å². The van der Waals surface area contributed by atoms with Gasteiger partial charge in [-0.25, -0.2) is 0 Å². The Morgan fingerprint density at radius 2 is 1.61 bits per heavy atom. The van der Waals surface area contributed by atoms with Crippen molar-refractivity contribution in [3.63, 3.8) is 0 Å². The minimum atomic E-state index is -0.643. The van der Waals surface area contributed by atoms with Gasteiger partial charge in [0.1, 0.15) is 0 Å². The van der Waals surface area contributed by atoms with Crippen molar-refractivity contribution in [2.45, 2.75) is 40.2 Å². The average molecular weight is 250 g/mol. The van der Waals surface area contributed by atoms with Crippen molar-refractivity contribution < 1.29 is 5.11 Å². The topological polar surface area (TPSA) is 44.3 Å². The molecule has 3 nitrogen and oxygen atoms in total. The smallest absolute Gasteiger partial charge is 0.0715 e. The third-order valence-corrected chi connectivity index (χ3v) is 2.84. The third kappa shape index (κ3) is 5.07. The molecule has 102 valence electrons. The molecule has 18 heavy (non-hydrogen) atoms. The highest BCUT2D eigenvalue weighted by Crippen LogP contribution is 2.21. The number of nitrogens with one attached hydrogen (secondary N) is 2. The van der Waals surface area contributed by atoms with E-state index in [1.165, 1.54) is 22.4 Å². The van der Waals surface area contributed by atoms with Gasteiger partial charge in [-0.2, -0.15) is 0 Å². The van der Waals surface area contributed by atoms with Gasteiger partial charge in [-0.15, -0.1) is 0 Å². The molecule has 0 saturated carbocycles. The van der Waals surface area contributed by atoms with Crippen LogP contribution in [0.3, 0.4) is 0 Å². The van der Waals surface area contributed by atoms with Crippen molar-refractivity contribution in [2.24, 2.45) is 0 Å². The van der Waals surface area contributed by atoms with E-state index in [9.17, 15) is 5.11 Å². The van der Waals surface area contributed by atoms with Crippen molar-refractivity contribution >= 4 is 5.69 Å². The number of anilines is 1. The normalized spacial score (nSPS) is 11.7. The van der Waals surface area contributed by atoms with E-state index in [1.54, 1.807) is 0 Å². The second-order valence-electron chi connectivity index (χ2n) is 5.69. The van der Waals surface area contributed by atoms with E-state index in [0.29, 0.717) is 6.54 Å². The Morgan fingerprint density at radius 1 is 1.06 bits per heavy atom. The Kier molecular flexibility index (Phi) is 5.17. The molecule has 1 aromatic carbocycles. The predicted octanol–water partition coefficient (Wildman–Crippen LogP) is 2.38. The molecule has 0 amide bonds. The first-order valence-electron chi connectivity index (χ1n) is 6.54. The van der Waals surface area contributed by atoms with Crippen molar-refractivity contribution in [3.05, 3.63) is 28.8 Å². The van der Waals surface area contributed by atoms with Gasteiger partial charge in [0.25, 0.3) is 0 Å². The lowest BCUT2D eigenvalue weighted by molar-refractivity contribution is 0.0804. The summed E-state index contributed by atoms with van der Waals surface area (Å²) in [7, 11) is 0. The summed E-state index contributed by atoms with van der Waals surface area (Å²) < 4.78 is 0. The second-order valence-corrected chi connectivity index (χ2v) is 5.69. The van der Waals surface area contributed by atoms with Crippen LogP contribution < -0.4 is 10.6 Å². The lowest BCUT2D eigenvalue weighted by atomic mass is 10.1. The number of hydrogen-bond acceptors (Lipinski definition) is 3. The Morgan fingerprint density at radius 3 is 2.11 bits per heavy atom. The zero-order chi connectivity index (χ0) is 13.8. The molecule has 0 saturated heterocycles. The van der Waals surface area contributed by atoms with Crippen LogP contribution in [0.4, 0.5) is 5.69 Å². The first-order chi connectivity index (χ1) is 8.29. The van der Waals surface area contributed by atoms with Crippen LogP contribution >= 0.6 is 0 Å². The molecule has 0 heterocycles. The maximum Gasteiger partial charge on any atom is 0.0715 e. The molecule has 3 N–H and O–H groups in total. The van der Waals surface area contributed by atoms with Crippen LogP contribution in [-0.4, -0.2) is 30.3 Å². The Hall–Kier alpha value is -1.06. The summed E-state index contributed by atoms with van der Waals surface area (Å²) in [5, 5.41) is 16.3. The number of aliphatic hydroxyl groups is 1. The zero-order valence-corrected chi connectivity index (χ0v) is 12.2. The molecule has 3 heteroatoms. The second kappa shape index (κ2) is 6.21. The Balaban J connectivity index is 2.41. The van der Waals surface area contributed by atoms with Crippen LogP contribution in [-0.2, 0) is 0 Å². The molecular weight excluding hydrogens is 224 g/mol. The van der Waals surface area contributed by atoms with Crippen molar-refractivity contribution in [1.82, 2.24) is 5.32 Å². The van der Waals surface area contributed by atoms with Gasteiger partial charge in [-0.05, 0) is 45.7 Å². The highest BCUT2D eigenvalue weighted by molar-refractivity contribution is 5.58. The summed E-state index contributed by atoms with van der Waals surface area (Å²) in [6, 6.07) is 4.39. The van der Waals surface area contributed by atoms with E-state index >= 15 is 0 Å². The zero-order valence-electron chi connectivity index (χ0n) is 12.2. The molecule has 0 spiro atoms. The van der Waals surface area contributed by atoms with Crippen LogP contribution in [0.2, 0.25) is 0 Å². The minimum Gasteiger partial charge on any atom is -0.389 e. The standard InChI is InChI=1S/C15H26N2O/c1-11-8-12(2)14(13(3)9-11)17-7-6-16-10-15(4,5)18/h8-9,16-18H,6-7,10H2,1-5H3. The maximum atomic E-state index is 9.57. The lowest BCUT2D eigenvalue weighted by Gasteiger charge is -2.18. The van der Waals surface area contributed by atoms with Crippen LogP contribution in [0.1, 0.15) is 30.5 Å². The van der Waals surface area contributed by atoms with Gasteiger partial charge in [-0.1, -0.05) is 17.7 Å². The fourth-order valence-corrected chi connectivity index (χ4v) is 2.13. The van der Waals surface area contributed by atoms with Gasteiger partial charge in [0.05, 0.1) is 5.60 Å². The SMILES string of the molecule is Cc1cc(C)c(NCCNCC(C)(C)O)c(C)c1. The number of rotatable bonds is 6. The first-order valence-corrected chi connectivity index (χ1v) is 6.54.